The molecule has 0 amide bonds. The number of nitriles is 1. The largest absolute Gasteiger partial charge is 0.506 e. The second-order valence-electron chi connectivity index (χ2n) is 5.17. The lowest BCUT2D eigenvalue weighted by molar-refractivity contribution is 0.197. The highest BCUT2D eigenvalue weighted by atomic mass is 79.9. The van der Waals surface area contributed by atoms with Crippen LogP contribution in [0.25, 0.3) is 0 Å². The van der Waals surface area contributed by atoms with E-state index in [4.69, 9.17) is 0 Å². The number of thiophene rings is 1. The van der Waals surface area contributed by atoms with Crippen LogP contribution in [0.4, 0.5) is 0 Å². The van der Waals surface area contributed by atoms with Crippen molar-refractivity contribution in [3.8, 4) is 11.8 Å². The van der Waals surface area contributed by atoms with Gasteiger partial charge in [0.25, 0.3) is 0 Å². The summed E-state index contributed by atoms with van der Waals surface area (Å²) in [5.41, 5.74) is 1.10. The van der Waals surface area contributed by atoms with Gasteiger partial charge in [-0.25, -0.2) is 0 Å². The summed E-state index contributed by atoms with van der Waals surface area (Å²) in [5.74, 6) is 0.0776. The van der Waals surface area contributed by atoms with Crippen LogP contribution in [-0.2, 0) is 0 Å². The van der Waals surface area contributed by atoms with Gasteiger partial charge in [-0.1, -0.05) is 22.0 Å². The van der Waals surface area contributed by atoms with Crippen molar-refractivity contribution in [2.75, 3.05) is 26.2 Å². The second kappa shape index (κ2) is 9.62. The lowest BCUT2D eigenvalue weighted by atomic mass is 9.99. The molecule has 1 saturated heterocycles. The van der Waals surface area contributed by atoms with Crippen LogP contribution in [0.1, 0.15) is 22.0 Å². The average Bonchev–Trinajstić information content (AvgIpc) is 3.06. The maximum atomic E-state index is 10.6. The molecule has 1 atom stereocenters. The summed E-state index contributed by atoms with van der Waals surface area (Å²) in [6, 6.07) is 9.63. The lowest BCUT2D eigenvalue weighted by Crippen LogP contribution is -2.45. The van der Waals surface area contributed by atoms with Gasteiger partial charge < -0.3 is 10.4 Å². The fourth-order valence-corrected chi connectivity index (χ4v) is 4.23. The Morgan fingerprint density at radius 1 is 1.25 bits per heavy atom. The van der Waals surface area contributed by atoms with E-state index in [-0.39, 0.29) is 36.6 Å². The molecule has 2 aromatic rings. The summed E-state index contributed by atoms with van der Waals surface area (Å²) in [7, 11) is 0. The van der Waals surface area contributed by atoms with Crippen molar-refractivity contribution < 1.29 is 5.11 Å². The predicted octanol–water partition coefficient (Wildman–Crippen LogP) is 3.93. The molecule has 1 aliphatic heterocycles. The standard InChI is InChI=1S/C16H16BrN3OS.2ClH/c17-12-4-3-11(10-18)16(21)14(12)15(13-2-1-9-22-13)20-7-5-19-6-8-20;;/h1-4,9,15,19,21H,5-8H2;2*1H/t15-;;/m1../s1. The predicted molar refractivity (Wildman–Crippen MR) is 106 cm³/mol. The minimum Gasteiger partial charge on any atom is -0.506 e. The number of piperazine rings is 1. The van der Waals surface area contributed by atoms with Gasteiger partial charge in [0, 0.05) is 41.1 Å². The normalized spacial score (nSPS) is 15.7. The number of nitrogens with zero attached hydrogens (tertiary/aromatic N) is 2. The van der Waals surface area contributed by atoms with E-state index in [1.54, 1.807) is 17.4 Å². The van der Waals surface area contributed by atoms with E-state index in [1.807, 2.05) is 17.5 Å². The number of phenolic OH excluding ortho intramolecular Hbond substituents is 1. The highest BCUT2D eigenvalue weighted by Crippen LogP contribution is 2.42. The summed E-state index contributed by atoms with van der Waals surface area (Å²) in [4.78, 5) is 3.52. The molecule has 24 heavy (non-hydrogen) atoms. The molecule has 0 bridgehead atoms. The number of benzene rings is 1. The van der Waals surface area contributed by atoms with E-state index in [2.05, 4.69) is 38.3 Å². The molecule has 1 aromatic carbocycles. The summed E-state index contributed by atoms with van der Waals surface area (Å²) in [6.45, 7) is 3.67. The molecule has 0 saturated carbocycles. The third-order valence-electron chi connectivity index (χ3n) is 3.89. The van der Waals surface area contributed by atoms with E-state index in [0.29, 0.717) is 5.56 Å². The fraction of sp³-hybridized carbons (Fsp3) is 0.312. The Bertz CT molecular complexity index is 700. The molecule has 0 radical (unpaired) electrons. The Morgan fingerprint density at radius 2 is 1.96 bits per heavy atom. The number of aromatic hydroxyl groups is 1. The van der Waals surface area contributed by atoms with Crippen LogP contribution in [0.15, 0.2) is 34.1 Å². The van der Waals surface area contributed by atoms with E-state index >= 15 is 0 Å². The van der Waals surface area contributed by atoms with Gasteiger partial charge in [0.05, 0.1) is 11.6 Å². The van der Waals surface area contributed by atoms with Crippen LogP contribution in [0, 0.1) is 11.3 Å². The molecule has 0 spiro atoms. The van der Waals surface area contributed by atoms with Crippen LogP contribution in [-0.4, -0.2) is 36.2 Å². The SMILES string of the molecule is Cl.Cl.N#Cc1ccc(Br)c([C@@H](c2cccs2)N2CCNCC2)c1O. The maximum Gasteiger partial charge on any atom is 0.139 e. The Labute approximate surface area is 166 Å². The zero-order valence-electron chi connectivity index (χ0n) is 12.7. The summed E-state index contributed by atoms with van der Waals surface area (Å²) in [5, 5.41) is 25.2. The highest BCUT2D eigenvalue weighted by molar-refractivity contribution is 9.10. The number of nitrogens with one attached hydrogen (secondary N) is 1. The van der Waals surface area contributed by atoms with Crippen molar-refractivity contribution in [2.45, 2.75) is 6.04 Å². The van der Waals surface area contributed by atoms with Gasteiger partial charge in [-0.05, 0) is 23.6 Å². The molecule has 0 aliphatic carbocycles. The summed E-state index contributed by atoms with van der Waals surface area (Å²) in [6.07, 6.45) is 0. The van der Waals surface area contributed by atoms with E-state index in [0.717, 1.165) is 36.2 Å². The number of halogens is 3. The highest BCUT2D eigenvalue weighted by Gasteiger charge is 2.29. The van der Waals surface area contributed by atoms with Gasteiger partial charge in [-0.15, -0.1) is 36.2 Å². The number of phenols is 1. The van der Waals surface area contributed by atoms with Crippen LogP contribution in [0.3, 0.4) is 0 Å². The zero-order valence-corrected chi connectivity index (χ0v) is 16.8. The van der Waals surface area contributed by atoms with Gasteiger partial charge in [0.2, 0.25) is 0 Å². The molecule has 0 unspecified atom stereocenters. The minimum absolute atomic E-state index is 0. The molecule has 2 heterocycles. The van der Waals surface area contributed by atoms with Gasteiger partial charge >= 0.3 is 0 Å². The monoisotopic (exact) mass is 449 g/mol. The van der Waals surface area contributed by atoms with Crippen LogP contribution >= 0.6 is 52.1 Å². The smallest absolute Gasteiger partial charge is 0.139 e. The summed E-state index contributed by atoms with van der Waals surface area (Å²) < 4.78 is 0.834. The molecular formula is C16H18BrCl2N3OS. The van der Waals surface area contributed by atoms with Crippen LogP contribution < -0.4 is 5.32 Å². The Morgan fingerprint density at radius 3 is 2.54 bits per heavy atom. The van der Waals surface area contributed by atoms with Gasteiger partial charge in [-0.2, -0.15) is 5.26 Å². The van der Waals surface area contributed by atoms with Crippen molar-refractivity contribution in [1.82, 2.24) is 10.2 Å². The minimum atomic E-state index is -0.0372. The molecule has 4 nitrogen and oxygen atoms in total. The number of hydrogen-bond donors (Lipinski definition) is 2. The molecule has 2 N–H and O–H groups in total. The molecule has 3 rings (SSSR count). The number of hydrogen-bond acceptors (Lipinski definition) is 5. The molecular weight excluding hydrogens is 433 g/mol. The molecule has 1 aliphatic rings. The quantitative estimate of drug-likeness (QED) is 0.743. The Hall–Kier alpha value is -0.810. The second-order valence-corrected chi connectivity index (χ2v) is 7.01. The third kappa shape index (κ3) is 4.23. The van der Waals surface area contributed by atoms with Crippen molar-refractivity contribution in [2.24, 2.45) is 0 Å². The van der Waals surface area contributed by atoms with Crippen molar-refractivity contribution >= 4 is 52.1 Å². The first-order chi connectivity index (χ1) is 10.7. The van der Waals surface area contributed by atoms with Crippen molar-refractivity contribution in [3.05, 3.63) is 50.1 Å². The first-order valence-electron chi connectivity index (χ1n) is 7.12. The van der Waals surface area contributed by atoms with Crippen LogP contribution in [0.5, 0.6) is 5.75 Å². The first kappa shape index (κ1) is 21.2. The van der Waals surface area contributed by atoms with E-state index in [1.165, 1.54) is 4.88 Å². The fourth-order valence-electron chi connectivity index (χ4n) is 2.83. The first-order valence-corrected chi connectivity index (χ1v) is 8.79. The van der Waals surface area contributed by atoms with E-state index < -0.39 is 0 Å². The molecule has 1 aromatic heterocycles. The Kier molecular flexibility index (Phi) is 8.51. The third-order valence-corrected chi connectivity index (χ3v) is 5.50. The van der Waals surface area contributed by atoms with E-state index in [9.17, 15) is 10.4 Å². The maximum absolute atomic E-state index is 10.6. The Balaban J connectivity index is 0.00000144. The van der Waals surface area contributed by atoms with Gasteiger partial charge in [0.1, 0.15) is 11.8 Å². The van der Waals surface area contributed by atoms with Gasteiger partial charge in [0.15, 0.2) is 0 Å². The van der Waals surface area contributed by atoms with Crippen LogP contribution in [0.2, 0.25) is 0 Å². The van der Waals surface area contributed by atoms with Crippen molar-refractivity contribution in [1.29, 1.82) is 5.26 Å². The summed E-state index contributed by atoms with van der Waals surface area (Å²) >= 11 is 5.23. The molecule has 1 fully saturated rings. The van der Waals surface area contributed by atoms with Crippen molar-refractivity contribution in [3.63, 3.8) is 0 Å². The van der Waals surface area contributed by atoms with Gasteiger partial charge in [-0.3, -0.25) is 4.90 Å². The zero-order chi connectivity index (χ0) is 15.5. The molecule has 130 valence electrons. The lowest BCUT2D eigenvalue weighted by Gasteiger charge is -2.35. The average molecular weight is 451 g/mol. The topological polar surface area (TPSA) is 59.3 Å². The number of rotatable bonds is 3. The molecule has 8 heteroatoms.